The Labute approximate surface area is 117 Å². The molecular weight excluding hydrogens is 252 g/mol. The molecular formula is C16H16N2O2. The molecule has 1 heterocycles. The summed E-state index contributed by atoms with van der Waals surface area (Å²) in [6.07, 6.45) is 5.03. The van der Waals surface area contributed by atoms with Crippen LogP contribution in [0, 0.1) is 0 Å². The number of ether oxygens (including phenoxy) is 1. The lowest BCUT2D eigenvalue weighted by molar-refractivity contribution is -0.118. The van der Waals surface area contributed by atoms with Gasteiger partial charge >= 0.3 is 0 Å². The molecule has 4 heteroatoms. The summed E-state index contributed by atoms with van der Waals surface area (Å²) in [4.78, 5) is 16.5. The summed E-state index contributed by atoms with van der Waals surface area (Å²) < 4.78 is 5.38. The fourth-order valence-corrected chi connectivity index (χ4v) is 2.47. The summed E-state index contributed by atoms with van der Waals surface area (Å²) in [6, 6.07) is 11.3. The quantitative estimate of drug-likeness (QED) is 0.927. The third kappa shape index (κ3) is 2.13. The highest BCUT2D eigenvalue weighted by Gasteiger charge is 2.52. The molecule has 1 amide bonds. The molecule has 0 saturated heterocycles. The maximum Gasteiger partial charge on any atom is 0.235 e. The number of nitrogens with one attached hydrogen (secondary N) is 1. The van der Waals surface area contributed by atoms with Crippen LogP contribution in [0.15, 0.2) is 48.8 Å². The van der Waals surface area contributed by atoms with Crippen LogP contribution < -0.4 is 10.1 Å². The van der Waals surface area contributed by atoms with Crippen molar-refractivity contribution in [1.29, 1.82) is 0 Å². The molecule has 20 heavy (non-hydrogen) atoms. The van der Waals surface area contributed by atoms with Crippen molar-refractivity contribution in [2.24, 2.45) is 0 Å². The first-order valence-corrected chi connectivity index (χ1v) is 6.61. The molecule has 0 radical (unpaired) electrons. The van der Waals surface area contributed by atoms with Crippen LogP contribution in [0.1, 0.15) is 18.4 Å². The lowest BCUT2D eigenvalue weighted by Crippen LogP contribution is -2.28. The van der Waals surface area contributed by atoms with E-state index in [0.717, 1.165) is 29.8 Å². The number of methoxy groups -OCH3 is 1. The van der Waals surface area contributed by atoms with E-state index in [1.807, 2.05) is 24.3 Å². The second kappa shape index (κ2) is 4.96. The molecule has 1 aliphatic carbocycles. The predicted molar refractivity (Wildman–Crippen MR) is 76.8 cm³/mol. The number of amides is 1. The van der Waals surface area contributed by atoms with Gasteiger partial charge in [0.15, 0.2) is 0 Å². The minimum absolute atomic E-state index is 0.0215. The lowest BCUT2D eigenvalue weighted by atomic mass is 9.94. The first-order chi connectivity index (χ1) is 9.76. The summed E-state index contributed by atoms with van der Waals surface area (Å²) >= 11 is 0. The number of anilines is 1. The highest BCUT2D eigenvalue weighted by molar-refractivity contribution is 6.01. The average molecular weight is 268 g/mol. The molecule has 1 aromatic carbocycles. The number of hydrogen-bond acceptors (Lipinski definition) is 3. The highest BCUT2D eigenvalue weighted by Crippen LogP contribution is 2.51. The zero-order chi connectivity index (χ0) is 14.0. The Morgan fingerprint density at radius 1 is 1.20 bits per heavy atom. The van der Waals surface area contributed by atoms with Gasteiger partial charge in [-0.2, -0.15) is 0 Å². The Hall–Kier alpha value is -2.36. The van der Waals surface area contributed by atoms with Gasteiger partial charge in [-0.05, 0) is 31.0 Å². The van der Waals surface area contributed by atoms with Gasteiger partial charge in [0.25, 0.3) is 0 Å². The monoisotopic (exact) mass is 268 g/mol. The maximum absolute atomic E-state index is 12.6. The number of para-hydroxylation sites is 1. The van der Waals surface area contributed by atoms with Crippen LogP contribution in [0.4, 0.5) is 5.69 Å². The number of nitrogens with zero attached hydrogens (tertiary/aromatic N) is 1. The molecule has 1 N–H and O–H groups in total. The molecule has 0 spiro atoms. The minimum atomic E-state index is -0.449. The van der Waals surface area contributed by atoms with Gasteiger partial charge < -0.3 is 10.1 Å². The Balaban J connectivity index is 1.87. The summed E-state index contributed by atoms with van der Waals surface area (Å²) in [6.45, 7) is 0. The van der Waals surface area contributed by atoms with Crippen LogP contribution in [-0.4, -0.2) is 18.0 Å². The van der Waals surface area contributed by atoms with Crippen LogP contribution in [0.5, 0.6) is 5.75 Å². The van der Waals surface area contributed by atoms with E-state index >= 15 is 0 Å². The molecule has 0 atom stereocenters. The van der Waals surface area contributed by atoms with Crippen molar-refractivity contribution >= 4 is 11.6 Å². The number of hydrogen-bond donors (Lipinski definition) is 1. The molecule has 1 aliphatic rings. The third-order valence-electron chi connectivity index (χ3n) is 3.75. The first-order valence-electron chi connectivity index (χ1n) is 6.61. The summed E-state index contributed by atoms with van der Waals surface area (Å²) in [7, 11) is 1.63. The van der Waals surface area contributed by atoms with Gasteiger partial charge in [0, 0.05) is 23.6 Å². The van der Waals surface area contributed by atoms with Crippen LogP contribution >= 0.6 is 0 Å². The fraction of sp³-hybridized carbons (Fsp3) is 0.250. The normalized spacial score (nSPS) is 15.4. The summed E-state index contributed by atoms with van der Waals surface area (Å²) in [5.41, 5.74) is 1.29. The van der Waals surface area contributed by atoms with Crippen molar-refractivity contribution in [1.82, 2.24) is 4.98 Å². The Morgan fingerprint density at radius 2 is 1.90 bits per heavy atom. The molecule has 1 aromatic heterocycles. The molecule has 102 valence electrons. The standard InChI is InChI=1S/C16H16N2O2/c1-20-14-5-3-2-4-13(14)16(8-9-16)15(19)18-12-6-10-17-11-7-12/h2-7,10-11H,8-9H2,1H3,(H,17,18,19). The van der Waals surface area contributed by atoms with Gasteiger partial charge in [-0.15, -0.1) is 0 Å². The van der Waals surface area contributed by atoms with Crippen LogP contribution in [0.2, 0.25) is 0 Å². The third-order valence-corrected chi connectivity index (χ3v) is 3.75. The van der Waals surface area contributed by atoms with E-state index < -0.39 is 5.41 Å². The topological polar surface area (TPSA) is 51.2 Å². The van der Waals surface area contributed by atoms with E-state index in [1.165, 1.54) is 0 Å². The Bertz CT molecular complexity index is 621. The van der Waals surface area contributed by atoms with Crippen LogP contribution in [-0.2, 0) is 10.2 Å². The van der Waals surface area contributed by atoms with E-state index in [1.54, 1.807) is 31.6 Å². The SMILES string of the molecule is COc1ccccc1C1(C(=O)Nc2ccncc2)CC1. The second-order valence-corrected chi connectivity index (χ2v) is 4.97. The Morgan fingerprint density at radius 3 is 2.55 bits per heavy atom. The summed E-state index contributed by atoms with van der Waals surface area (Å²) in [5.74, 6) is 0.795. The molecule has 4 nitrogen and oxygen atoms in total. The molecule has 3 rings (SSSR count). The smallest absolute Gasteiger partial charge is 0.235 e. The van der Waals surface area contributed by atoms with Crippen molar-refractivity contribution in [3.63, 3.8) is 0 Å². The van der Waals surface area contributed by atoms with Gasteiger partial charge in [0.05, 0.1) is 12.5 Å². The van der Waals surface area contributed by atoms with Crippen molar-refractivity contribution in [3.05, 3.63) is 54.4 Å². The predicted octanol–water partition coefficient (Wildman–Crippen LogP) is 2.76. The molecule has 0 bridgehead atoms. The van der Waals surface area contributed by atoms with Crippen molar-refractivity contribution in [3.8, 4) is 5.75 Å². The second-order valence-electron chi connectivity index (χ2n) is 4.97. The number of pyridine rings is 1. The first kappa shape index (κ1) is 12.7. The van der Waals surface area contributed by atoms with Gasteiger partial charge in [-0.1, -0.05) is 18.2 Å². The van der Waals surface area contributed by atoms with E-state index in [9.17, 15) is 4.79 Å². The van der Waals surface area contributed by atoms with Crippen molar-refractivity contribution in [2.45, 2.75) is 18.3 Å². The summed E-state index contributed by atoms with van der Waals surface area (Å²) in [5, 5.41) is 2.96. The highest BCUT2D eigenvalue weighted by atomic mass is 16.5. The van der Waals surface area contributed by atoms with Gasteiger partial charge in [-0.25, -0.2) is 0 Å². The van der Waals surface area contributed by atoms with Gasteiger partial charge in [-0.3, -0.25) is 9.78 Å². The van der Waals surface area contributed by atoms with Crippen LogP contribution in [0.3, 0.4) is 0 Å². The van der Waals surface area contributed by atoms with E-state index in [4.69, 9.17) is 4.74 Å². The van der Waals surface area contributed by atoms with Crippen molar-refractivity contribution < 1.29 is 9.53 Å². The molecule has 1 saturated carbocycles. The number of aromatic nitrogens is 1. The molecule has 2 aromatic rings. The van der Waals surface area contributed by atoms with Crippen molar-refractivity contribution in [2.75, 3.05) is 12.4 Å². The Kier molecular flexibility index (Phi) is 3.14. The van der Waals surface area contributed by atoms with Gasteiger partial charge in [0.1, 0.15) is 5.75 Å². The van der Waals surface area contributed by atoms with E-state index in [2.05, 4.69) is 10.3 Å². The zero-order valence-electron chi connectivity index (χ0n) is 11.3. The number of benzene rings is 1. The van der Waals surface area contributed by atoms with E-state index in [0.29, 0.717) is 0 Å². The zero-order valence-corrected chi connectivity index (χ0v) is 11.3. The number of carbonyl (C=O) groups excluding carboxylic acids is 1. The lowest BCUT2D eigenvalue weighted by Gasteiger charge is -2.18. The average Bonchev–Trinajstić information content (AvgIpc) is 3.30. The fourth-order valence-electron chi connectivity index (χ4n) is 2.47. The number of rotatable bonds is 4. The van der Waals surface area contributed by atoms with E-state index in [-0.39, 0.29) is 5.91 Å². The minimum Gasteiger partial charge on any atom is -0.496 e. The molecule has 0 aliphatic heterocycles. The van der Waals surface area contributed by atoms with Crippen LogP contribution in [0.25, 0.3) is 0 Å². The maximum atomic E-state index is 12.6. The number of carbonyl (C=O) groups is 1. The molecule has 1 fully saturated rings. The van der Waals surface area contributed by atoms with Gasteiger partial charge in [0.2, 0.25) is 5.91 Å². The largest absolute Gasteiger partial charge is 0.496 e. The molecule has 0 unspecified atom stereocenters.